The first-order valence-corrected chi connectivity index (χ1v) is 24.0. The molecule has 5 heteroatoms. The summed E-state index contributed by atoms with van der Waals surface area (Å²) in [4.78, 5) is 12.5. The molecule has 4 N–H and O–H groups in total. The minimum absolute atomic E-state index is 0.0340. The van der Waals surface area contributed by atoms with Gasteiger partial charge in [0, 0.05) is 0 Å². The van der Waals surface area contributed by atoms with Crippen molar-refractivity contribution in [3.8, 4) is 0 Å². The number of carbonyl (C=O) groups excluding carboxylic acids is 1. The van der Waals surface area contributed by atoms with Crippen molar-refractivity contribution in [2.75, 3.05) is 6.61 Å². The molecular weight excluding hydrogens is 655 g/mol. The van der Waals surface area contributed by atoms with Gasteiger partial charge in [-0.25, -0.2) is 0 Å². The van der Waals surface area contributed by atoms with Crippen molar-refractivity contribution >= 4 is 5.91 Å². The molecule has 0 aromatic carbocycles. The van der Waals surface area contributed by atoms with Gasteiger partial charge < -0.3 is 20.6 Å². The van der Waals surface area contributed by atoms with E-state index in [0.29, 0.717) is 12.8 Å². The predicted molar refractivity (Wildman–Crippen MR) is 232 cm³/mol. The zero-order valence-corrected chi connectivity index (χ0v) is 35.9. The summed E-state index contributed by atoms with van der Waals surface area (Å²) in [5, 5.41) is 33.5. The molecule has 3 unspecified atom stereocenters. The first kappa shape index (κ1) is 52.1. The third-order valence-corrected chi connectivity index (χ3v) is 11.3. The van der Waals surface area contributed by atoms with Crippen LogP contribution in [-0.4, -0.2) is 46.1 Å². The molecule has 3 atom stereocenters. The van der Waals surface area contributed by atoms with E-state index < -0.39 is 18.2 Å². The molecule has 0 aromatic heterocycles. The van der Waals surface area contributed by atoms with Gasteiger partial charge in [-0.3, -0.25) is 4.79 Å². The maximum absolute atomic E-state index is 12.5. The van der Waals surface area contributed by atoms with Crippen LogP contribution in [0.2, 0.25) is 0 Å². The molecular formula is C48H95NO4. The molecule has 0 saturated carbocycles. The number of amides is 1. The van der Waals surface area contributed by atoms with E-state index in [1.807, 2.05) is 0 Å². The van der Waals surface area contributed by atoms with Crippen molar-refractivity contribution < 1.29 is 20.1 Å². The Bertz CT molecular complexity index is 743. The zero-order chi connectivity index (χ0) is 38.7. The lowest BCUT2D eigenvalue weighted by Crippen LogP contribution is -2.46. The number of carbonyl (C=O) groups is 1. The van der Waals surface area contributed by atoms with E-state index in [2.05, 4.69) is 31.3 Å². The summed E-state index contributed by atoms with van der Waals surface area (Å²) in [6.07, 6.45) is 51.9. The molecule has 0 spiro atoms. The number of nitrogens with one attached hydrogen (secondary N) is 1. The number of aliphatic hydroxyl groups excluding tert-OH is 3. The van der Waals surface area contributed by atoms with Crippen molar-refractivity contribution in [3.63, 3.8) is 0 Å². The fourth-order valence-corrected chi connectivity index (χ4v) is 7.64. The van der Waals surface area contributed by atoms with Crippen LogP contribution in [0.15, 0.2) is 12.2 Å². The van der Waals surface area contributed by atoms with Gasteiger partial charge in [0.1, 0.15) is 0 Å². The molecule has 5 nitrogen and oxygen atoms in total. The Kier molecular flexibility index (Phi) is 43.1. The molecule has 0 heterocycles. The SMILES string of the molecule is CCCCCCCCCCCC/C=C\CCCCCCCC(O)CC(=O)NC(CO)C(O)CCCCCCCCCCCCCCCCCCCCC. The molecule has 0 radical (unpaired) electrons. The molecule has 0 rings (SSSR count). The Hall–Kier alpha value is -0.910. The van der Waals surface area contributed by atoms with Gasteiger partial charge in [-0.05, 0) is 38.5 Å². The normalized spacial score (nSPS) is 13.5. The quantitative estimate of drug-likeness (QED) is 0.0369. The highest BCUT2D eigenvalue weighted by Crippen LogP contribution is 2.17. The van der Waals surface area contributed by atoms with Crippen LogP contribution < -0.4 is 5.32 Å². The Morgan fingerprint density at radius 3 is 1.09 bits per heavy atom. The molecule has 0 saturated heterocycles. The van der Waals surface area contributed by atoms with Crippen LogP contribution >= 0.6 is 0 Å². The second-order valence-electron chi connectivity index (χ2n) is 16.7. The van der Waals surface area contributed by atoms with Gasteiger partial charge in [0.2, 0.25) is 5.91 Å². The van der Waals surface area contributed by atoms with Crippen molar-refractivity contribution in [2.45, 2.75) is 283 Å². The van der Waals surface area contributed by atoms with E-state index in [4.69, 9.17) is 0 Å². The topological polar surface area (TPSA) is 89.8 Å². The Morgan fingerprint density at radius 1 is 0.453 bits per heavy atom. The molecule has 0 aromatic rings. The van der Waals surface area contributed by atoms with Crippen LogP contribution in [0.4, 0.5) is 0 Å². The maximum atomic E-state index is 12.5. The van der Waals surface area contributed by atoms with E-state index in [1.165, 1.54) is 199 Å². The summed E-state index contributed by atoms with van der Waals surface area (Å²) >= 11 is 0. The Morgan fingerprint density at radius 2 is 0.755 bits per heavy atom. The number of hydrogen-bond donors (Lipinski definition) is 4. The van der Waals surface area contributed by atoms with Crippen molar-refractivity contribution in [2.24, 2.45) is 0 Å². The van der Waals surface area contributed by atoms with Gasteiger partial charge in [0.15, 0.2) is 0 Å². The third-order valence-electron chi connectivity index (χ3n) is 11.3. The van der Waals surface area contributed by atoms with E-state index in [1.54, 1.807) is 0 Å². The standard InChI is InChI=1S/C48H95NO4/c1-3-5-7-9-11-13-15-17-19-21-23-25-27-29-31-33-35-37-39-41-45(51)43-48(53)49-46(44-50)47(52)42-40-38-36-34-32-30-28-26-24-22-20-18-16-14-12-10-8-6-4-2/h25,27,45-47,50-52H,3-24,26,28-44H2,1-2H3,(H,49,53)/b27-25-. The number of rotatable bonds is 44. The number of hydrogen-bond acceptors (Lipinski definition) is 4. The lowest BCUT2D eigenvalue weighted by Gasteiger charge is -2.23. The van der Waals surface area contributed by atoms with Crippen molar-refractivity contribution in [1.82, 2.24) is 5.32 Å². The van der Waals surface area contributed by atoms with E-state index in [9.17, 15) is 20.1 Å². The van der Waals surface area contributed by atoms with E-state index in [-0.39, 0.29) is 18.9 Å². The van der Waals surface area contributed by atoms with Gasteiger partial charge in [-0.2, -0.15) is 0 Å². The first-order valence-electron chi connectivity index (χ1n) is 24.0. The number of aliphatic hydroxyl groups is 3. The molecule has 0 fully saturated rings. The van der Waals surface area contributed by atoms with E-state index in [0.717, 1.165) is 32.1 Å². The molecule has 0 aliphatic heterocycles. The van der Waals surface area contributed by atoms with Crippen LogP contribution in [-0.2, 0) is 4.79 Å². The third kappa shape index (κ3) is 40.6. The van der Waals surface area contributed by atoms with Gasteiger partial charge in [-0.15, -0.1) is 0 Å². The monoisotopic (exact) mass is 750 g/mol. The average Bonchev–Trinajstić information content (AvgIpc) is 3.15. The van der Waals surface area contributed by atoms with Crippen LogP contribution in [0.25, 0.3) is 0 Å². The molecule has 0 aliphatic rings. The molecule has 53 heavy (non-hydrogen) atoms. The second kappa shape index (κ2) is 43.8. The minimum atomic E-state index is -0.749. The minimum Gasteiger partial charge on any atom is -0.394 e. The average molecular weight is 750 g/mol. The van der Waals surface area contributed by atoms with Gasteiger partial charge in [0.05, 0.1) is 31.3 Å². The lowest BCUT2D eigenvalue weighted by atomic mass is 10.0. The lowest BCUT2D eigenvalue weighted by molar-refractivity contribution is -0.125. The smallest absolute Gasteiger partial charge is 0.222 e. The molecule has 0 bridgehead atoms. The molecule has 1 amide bonds. The Labute approximate surface area is 331 Å². The van der Waals surface area contributed by atoms with Crippen LogP contribution in [0, 0.1) is 0 Å². The summed E-state index contributed by atoms with van der Waals surface area (Å²) < 4.78 is 0. The predicted octanol–water partition coefficient (Wildman–Crippen LogP) is 14.0. The summed E-state index contributed by atoms with van der Waals surface area (Å²) in [7, 11) is 0. The second-order valence-corrected chi connectivity index (χ2v) is 16.7. The van der Waals surface area contributed by atoms with Gasteiger partial charge in [0.25, 0.3) is 0 Å². The van der Waals surface area contributed by atoms with Crippen molar-refractivity contribution in [3.05, 3.63) is 12.2 Å². The molecule has 316 valence electrons. The first-order chi connectivity index (χ1) is 26.0. The van der Waals surface area contributed by atoms with Crippen LogP contribution in [0.1, 0.15) is 264 Å². The largest absolute Gasteiger partial charge is 0.394 e. The highest BCUT2D eigenvalue weighted by molar-refractivity contribution is 5.76. The number of allylic oxidation sites excluding steroid dienone is 2. The van der Waals surface area contributed by atoms with Crippen LogP contribution in [0.3, 0.4) is 0 Å². The zero-order valence-electron chi connectivity index (χ0n) is 35.9. The maximum Gasteiger partial charge on any atom is 0.222 e. The summed E-state index contributed by atoms with van der Waals surface area (Å²) in [6, 6.07) is -0.658. The van der Waals surface area contributed by atoms with E-state index >= 15 is 0 Å². The highest BCUT2D eigenvalue weighted by atomic mass is 16.3. The Balaban J connectivity index is 3.59. The number of unbranched alkanes of at least 4 members (excludes halogenated alkanes) is 33. The summed E-state index contributed by atoms with van der Waals surface area (Å²) in [5.74, 6) is -0.284. The van der Waals surface area contributed by atoms with Gasteiger partial charge >= 0.3 is 0 Å². The fourth-order valence-electron chi connectivity index (χ4n) is 7.64. The fraction of sp³-hybridized carbons (Fsp3) is 0.938. The highest BCUT2D eigenvalue weighted by Gasteiger charge is 2.21. The van der Waals surface area contributed by atoms with Crippen LogP contribution in [0.5, 0.6) is 0 Å². The van der Waals surface area contributed by atoms with Gasteiger partial charge in [-0.1, -0.05) is 231 Å². The molecule has 0 aliphatic carbocycles. The summed E-state index contributed by atoms with van der Waals surface area (Å²) in [6.45, 7) is 4.28. The summed E-state index contributed by atoms with van der Waals surface area (Å²) in [5.41, 5.74) is 0. The van der Waals surface area contributed by atoms with Crippen molar-refractivity contribution in [1.29, 1.82) is 0 Å².